The first-order valence-electron chi connectivity index (χ1n) is 24.8. The molecule has 14 nitrogen and oxygen atoms in total. The topological polar surface area (TPSA) is 184 Å². The standard InChI is InChI=1S/C63H58O14/c1-38-8-22-45(23-9-38)57(64)71-36-52(73-59(66)47-26-12-40(3)13-27-47)54(75-61(68)49-30-16-42(5)17-31-49)56(77-63(70)51-34-20-44(7)21-35-51)55(76-62(69)50-32-18-43(6)19-33-50)53(74-60(67)48-28-14-41(4)15-29-48)37-72-58(65)46-24-10-39(2)11-25-46/h8-35,52-56H,36-37H2,1-7H3. The van der Waals surface area contributed by atoms with E-state index in [0.29, 0.717) is 0 Å². The average Bonchev–Trinajstić information content (AvgIpc) is 3.42. The van der Waals surface area contributed by atoms with Crippen LogP contribution < -0.4 is 0 Å². The third-order valence-electron chi connectivity index (χ3n) is 12.4. The van der Waals surface area contributed by atoms with Crippen LogP contribution in [0.15, 0.2) is 170 Å². The van der Waals surface area contributed by atoms with E-state index in [1.165, 1.54) is 84.9 Å². The van der Waals surface area contributed by atoms with E-state index in [9.17, 15) is 33.6 Å². The van der Waals surface area contributed by atoms with Crippen LogP contribution in [-0.4, -0.2) is 85.5 Å². The van der Waals surface area contributed by atoms with Gasteiger partial charge in [0.15, 0.2) is 30.5 Å². The first kappa shape index (κ1) is 55.6. The molecule has 0 aliphatic carbocycles. The molecule has 0 aromatic heterocycles. The number of hydrogen-bond acceptors (Lipinski definition) is 14. The summed E-state index contributed by atoms with van der Waals surface area (Å²) in [5.41, 5.74) is 5.87. The van der Waals surface area contributed by atoms with E-state index < -0.39 is 85.5 Å². The predicted molar refractivity (Wildman–Crippen MR) is 285 cm³/mol. The predicted octanol–water partition coefficient (Wildman–Crippen LogP) is 11.0. The van der Waals surface area contributed by atoms with Crippen LogP contribution in [0.1, 0.15) is 111 Å². The number of ether oxygens (including phenoxy) is 7. The molecule has 77 heavy (non-hydrogen) atoms. The summed E-state index contributed by atoms with van der Waals surface area (Å²) in [5, 5.41) is 0. The Labute approximate surface area is 446 Å². The Morgan fingerprint density at radius 2 is 0.416 bits per heavy atom. The second kappa shape index (κ2) is 25.9. The van der Waals surface area contributed by atoms with Crippen molar-refractivity contribution in [1.82, 2.24) is 0 Å². The summed E-state index contributed by atoms with van der Waals surface area (Å²) < 4.78 is 43.4. The van der Waals surface area contributed by atoms with Crippen molar-refractivity contribution < 1.29 is 66.7 Å². The summed E-state index contributed by atoms with van der Waals surface area (Å²) in [6.07, 6.45) is -10.3. The van der Waals surface area contributed by atoms with E-state index in [1.54, 1.807) is 106 Å². The molecule has 4 atom stereocenters. The minimum atomic E-state index is -2.18. The Hall–Kier alpha value is -9.17. The molecule has 394 valence electrons. The van der Waals surface area contributed by atoms with Gasteiger partial charge >= 0.3 is 41.8 Å². The lowest BCUT2D eigenvalue weighted by Crippen LogP contribution is -2.58. The van der Waals surface area contributed by atoms with E-state index in [-0.39, 0.29) is 38.9 Å². The van der Waals surface area contributed by atoms with Crippen LogP contribution in [-0.2, 0) is 33.2 Å². The molecule has 0 N–H and O–H groups in total. The molecular formula is C63H58O14. The van der Waals surface area contributed by atoms with Crippen molar-refractivity contribution >= 4 is 41.8 Å². The lowest BCUT2D eigenvalue weighted by atomic mass is 9.97. The molecule has 0 amide bonds. The number of carbonyl (C=O) groups is 7. The molecule has 0 aliphatic heterocycles. The summed E-state index contributed by atoms with van der Waals surface area (Å²) in [7, 11) is 0. The van der Waals surface area contributed by atoms with Gasteiger partial charge in [0.05, 0.1) is 38.9 Å². The van der Waals surface area contributed by atoms with Crippen LogP contribution in [0.5, 0.6) is 0 Å². The van der Waals surface area contributed by atoms with Crippen molar-refractivity contribution in [1.29, 1.82) is 0 Å². The molecule has 0 aliphatic rings. The molecule has 0 bridgehead atoms. The van der Waals surface area contributed by atoms with Crippen molar-refractivity contribution in [3.8, 4) is 0 Å². The molecule has 4 unspecified atom stereocenters. The largest absolute Gasteiger partial charge is 0.458 e. The van der Waals surface area contributed by atoms with E-state index >= 15 is 0 Å². The Kier molecular flexibility index (Phi) is 18.7. The van der Waals surface area contributed by atoms with Crippen LogP contribution in [0.3, 0.4) is 0 Å². The van der Waals surface area contributed by atoms with Crippen LogP contribution in [0, 0.1) is 48.5 Å². The summed E-state index contributed by atoms with van der Waals surface area (Å²) in [4.78, 5) is 101. The van der Waals surface area contributed by atoms with E-state index in [2.05, 4.69) is 0 Å². The van der Waals surface area contributed by atoms with Crippen molar-refractivity contribution in [3.63, 3.8) is 0 Å². The third-order valence-corrected chi connectivity index (χ3v) is 12.4. The summed E-state index contributed by atoms with van der Waals surface area (Å²) in [6.45, 7) is 11.0. The lowest BCUT2D eigenvalue weighted by molar-refractivity contribution is -0.156. The number of carbonyl (C=O) groups excluding carboxylic acids is 7. The molecular weight excluding hydrogens is 981 g/mol. The highest BCUT2D eigenvalue weighted by molar-refractivity contribution is 5.93. The maximum atomic E-state index is 14.8. The highest BCUT2D eigenvalue weighted by Crippen LogP contribution is 2.29. The average molecular weight is 1040 g/mol. The van der Waals surface area contributed by atoms with Gasteiger partial charge in [-0.3, -0.25) is 0 Å². The van der Waals surface area contributed by atoms with Gasteiger partial charge in [-0.2, -0.15) is 0 Å². The van der Waals surface area contributed by atoms with Crippen LogP contribution in [0.4, 0.5) is 0 Å². The van der Waals surface area contributed by atoms with E-state index in [4.69, 9.17) is 33.2 Å². The number of hydrogen-bond donors (Lipinski definition) is 0. The molecule has 0 spiro atoms. The molecule has 0 saturated heterocycles. The van der Waals surface area contributed by atoms with Crippen molar-refractivity contribution in [2.75, 3.05) is 13.2 Å². The maximum Gasteiger partial charge on any atom is 0.338 e. The van der Waals surface area contributed by atoms with Gasteiger partial charge in [-0.25, -0.2) is 33.6 Å². The second-order valence-corrected chi connectivity index (χ2v) is 18.8. The Balaban J connectivity index is 1.46. The third kappa shape index (κ3) is 15.5. The fraction of sp³-hybridized carbons (Fsp3) is 0.222. The first-order valence-corrected chi connectivity index (χ1v) is 24.8. The molecule has 0 saturated carbocycles. The van der Waals surface area contributed by atoms with Crippen LogP contribution >= 0.6 is 0 Å². The van der Waals surface area contributed by atoms with Gasteiger partial charge in [0, 0.05) is 0 Å². The van der Waals surface area contributed by atoms with E-state index in [0.717, 1.165) is 38.9 Å². The van der Waals surface area contributed by atoms with Gasteiger partial charge in [-0.15, -0.1) is 0 Å². The summed E-state index contributed by atoms with van der Waals surface area (Å²) >= 11 is 0. The highest BCUT2D eigenvalue weighted by Gasteiger charge is 2.50. The van der Waals surface area contributed by atoms with Gasteiger partial charge in [-0.1, -0.05) is 124 Å². The Bertz CT molecular complexity index is 2990. The number of esters is 7. The molecule has 7 aromatic carbocycles. The molecule has 7 rings (SSSR count). The zero-order chi connectivity index (χ0) is 55.2. The van der Waals surface area contributed by atoms with Crippen molar-refractivity contribution in [3.05, 3.63) is 248 Å². The summed E-state index contributed by atoms with van der Waals surface area (Å²) in [6, 6.07) is 44.2. The minimum Gasteiger partial charge on any atom is -0.458 e. The molecule has 14 heteroatoms. The molecule has 0 fully saturated rings. The Morgan fingerprint density at radius 3 is 0.623 bits per heavy atom. The smallest absolute Gasteiger partial charge is 0.338 e. The maximum absolute atomic E-state index is 14.8. The monoisotopic (exact) mass is 1040 g/mol. The minimum absolute atomic E-state index is 0.0213. The SMILES string of the molecule is Cc1ccc(C(=O)OCC(OC(=O)c2ccc(C)cc2)C(OC(=O)c2ccc(C)cc2)C(OC(=O)c2ccc(C)cc2)C(OC(=O)c2ccc(C)cc2)C(COC(=O)c2ccc(C)cc2)OC(=O)c2ccc(C)cc2)cc1. The summed E-state index contributed by atoms with van der Waals surface area (Å²) in [5.74, 6) is -6.95. The van der Waals surface area contributed by atoms with Gasteiger partial charge < -0.3 is 33.2 Å². The van der Waals surface area contributed by atoms with Crippen LogP contribution in [0.25, 0.3) is 0 Å². The first-order chi connectivity index (χ1) is 36.9. The van der Waals surface area contributed by atoms with Crippen molar-refractivity contribution in [2.45, 2.75) is 79.0 Å². The number of benzene rings is 7. The van der Waals surface area contributed by atoms with Crippen molar-refractivity contribution in [2.24, 2.45) is 0 Å². The van der Waals surface area contributed by atoms with Gasteiger partial charge in [0.1, 0.15) is 13.2 Å². The molecule has 0 heterocycles. The zero-order valence-corrected chi connectivity index (χ0v) is 43.7. The highest BCUT2D eigenvalue weighted by atomic mass is 16.7. The number of aryl methyl sites for hydroxylation is 7. The van der Waals surface area contributed by atoms with Gasteiger partial charge in [0.2, 0.25) is 0 Å². The molecule has 0 radical (unpaired) electrons. The number of rotatable bonds is 20. The zero-order valence-electron chi connectivity index (χ0n) is 43.7. The van der Waals surface area contributed by atoms with Gasteiger partial charge in [0.25, 0.3) is 0 Å². The quantitative estimate of drug-likeness (QED) is 0.0519. The Morgan fingerprint density at radius 1 is 0.247 bits per heavy atom. The molecule has 7 aromatic rings. The van der Waals surface area contributed by atoms with Gasteiger partial charge in [-0.05, 0) is 133 Å². The fourth-order valence-corrected chi connectivity index (χ4v) is 7.72. The fourth-order valence-electron chi connectivity index (χ4n) is 7.72. The van der Waals surface area contributed by atoms with Crippen LogP contribution in [0.2, 0.25) is 0 Å². The van der Waals surface area contributed by atoms with E-state index in [1.807, 2.05) is 27.7 Å². The second-order valence-electron chi connectivity index (χ2n) is 18.8. The normalized spacial score (nSPS) is 12.8. The lowest BCUT2D eigenvalue weighted by Gasteiger charge is -2.38.